The van der Waals surface area contributed by atoms with Crippen LogP contribution in [0.15, 0.2) is 69.2 Å². The molecule has 1 aliphatic rings. The van der Waals surface area contributed by atoms with E-state index >= 15 is 0 Å². The van der Waals surface area contributed by atoms with Crippen molar-refractivity contribution in [3.05, 3.63) is 59.1 Å². The van der Waals surface area contributed by atoms with Crippen LogP contribution in [-0.4, -0.2) is 41.3 Å². The van der Waals surface area contributed by atoms with Gasteiger partial charge in [0.1, 0.15) is 12.3 Å². The number of amidine groups is 1. The van der Waals surface area contributed by atoms with Gasteiger partial charge in [0.25, 0.3) is 0 Å². The molecule has 0 aliphatic carbocycles. The van der Waals surface area contributed by atoms with Gasteiger partial charge in [-0.15, -0.1) is 5.10 Å². The lowest BCUT2D eigenvalue weighted by molar-refractivity contribution is -0.113. The van der Waals surface area contributed by atoms with Gasteiger partial charge in [0.15, 0.2) is 0 Å². The first-order chi connectivity index (χ1) is 12.6. The van der Waals surface area contributed by atoms with Gasteiger partial charge in [0.05, 0.1) is 5.75 Å². The number of para-hydroxylation sites is 1. The van der Waals surface area contributed by atoms with Gasteiger partial charge in [0.2, 0.25) is 17.0 Å². The van der Waals surface area contributed by atoms with Crippen LogP contribution in [0, 0.1) is 0 Å². The lowest BCUT2D eigenvalue weighted by Crippen LogP contribution is -2.31. The Bertz CT molecular complexity index is 842. The zero-order valence-corrected chi connectivity index (χ0v) is 16.5. The molecule has 3 rings (SSSR count). The number of rotatable bonds is 4. The fourth-order valence-electron chi connectivity index (χ4n) is 2.18. The molecular weight excluding hydrogens is 416 g/mol. The first-order valence-corrected chi connectivity index (χ1v) is 9.65. The van der Waals surface area contributed by atoms with Crippen molar-refractivity contribution in [3.8, 4) is 5.75 Å². The number of benzene rings is 2. The first kappa shape index (κ1) is 18.5. The van der Waals surface area contributed by atoms with Gasteiger partial charge in [0, 0.05) is 17.2 Å². The normalized spacial score (nSPS) is 13.7. The molecule has 0 radical (unpaired) electrons. The third kappa shape index (κ3) is 5.60. The van der Waals surface area contributed by atoms with Gasteiger partial charge >= 0.3 is 0 Å². The van der Waals surface area contributed by atoms with Crippen LogP contribution in [0.3, 0.4) is 0 Å². The molecule has 0 saturated heterocycles. The second kappa shape index (κ2) is 8.86. The molecule has 1 N–H and O–H groups in total. The average Bonchev–Trinajstić information content (AvgIpc) is 2.60. The van der Waals surface area contributed by atoms with Gasteiger partial charge in [-0.1, -0.05) is 52.0 Å². The maximum Gasteiger partial charge on any atom is 0.234 e. The zero-order valence-electron chi connectivity index (χ0n) is 14.1. The zero-order chi connectivity index (χ0) is 18.4. The summed E-state index contributed by atoms with van der Waals surface area (Å²) in [6, 6.07) is 16.9. The molecule has 0 atom stereocenters. The van der Waals surface area contributed by atoms with Crippen LogP contribution in [0.2, 0.25) is 0 Å². The van der Waals surface area contributed by atoms with Crippen LogP contribution in [0.25, 0.3) is 0 Å². The molecule has 0 unspecified atom stereocenters. The second-order valence-electron chi connectivity index (χ2n) is 5.47. The number of nitrogens with zero attached hydrogens (tertiary/aromatic N) is 3. The molecule has 8 heteroatoms. The molecule has 1 aliphatic heterocycles. The van der Waals surface area contributed by atoms with E-state index in [1.165, 1.54) is 11.8 Å². The molecule has 0 saturated carbocycles. The predicted octanol–water partition coefficient (Wildman–Crippen LogP) is 3.81. The number of anilines is 1. The third-order valence-electron chi connectivity index (χ3n) is 3.26. The van der Waals surface area contributed by atoms with Crippen molar-refractivity contribution in [3.63, 3.8) is 0 Å². The number of hydrogen-bond donors (Lipinski definition) is 1. The molecule has 2 aromatic rings. The molecular formula is C18H17BrN4O2S. The largest absolute Gasteiger partial charge is 0.441 e. The summed E-state index contributed by atoms with van der Waals surface area (Å²) in [5.74, 6) is 1.35. The quantitative estimate of drug-likeness (QED) is 0.797. The fraction of sp³-hybridized carbons (Fsp3) is 0.167. The highest BCUT2D eigenvalue weighted by Gasteiger charge is 2.16. The highest BCUT2D eigenvalue weighted by molar-refractivity contribution is 9.10. The molecule has 1 amide bonds. The van der Waals surface area contributed by atoms with Crippen LogP contribution in [0.5, 0.6) is 5.75 Å². The van der Waals surface area contributed by atoms with Crippen molar-refractivity contribution < 1.29 is 9.53 Å². The number of thioether (sulfide) groups is 1. The minimum atomic E-state index is -0.121. The van der Waals surface area contributed by atoms with E-state index in [2.05, 4.69) is 31.3 Å². The highest BCUT2D eigenvalue weighted by atomic mass is 79.9. The number of aliphatic imine (C=N–C) groups is 1. The number of nitrogens with one attached hydrogen (secondary N) is 1. The standard InChI is InChI=1S/C18H17BrN4O2S/c1-23-11-17(25-15-8-3-2-4-9-15)21-18(22-23)26-12-16(24)20-14-7-5-6-13(19)10-14/h2-10H,11-12H2,1H3,(H,20,24). The number of carbonyl (C=O) groups excluding carboxylic acids is 1. The molecule has 2 aromatic carbocycles. The lowest BCUT2D eigenvalue weighted by atomic mass is 10.3. The SMILES string of the molecule is CN1CC(Oc2ccccc2)=NC(SCC(=O)Nc2cccc(Br)c2)=N1. The maximum absolute atomic E-state index is 12.1. The number of hydrogen-bond acceptors (Lipinski definition) is 6. The Morgan fingerprint density at radius 2 is 2.08 bits per heavy atom. The van der Waals surface area contributed by atoms with E-state index in [4.69, 9.17) is 4.74 Å². The third-order valence-corrected chi connectivity index (χ3v) is 4.59. The molecule has 1 heterocycles. The molecule has 0 fully saturated rings. The van der Waals surface area contributed by atoms with E-state index < -0.39 is 0 Å². The van der Waals surface area contributed by atoms with E-state index in [0.29, 0.717) is 17.6 Å². The summed E-state index contributed by atoms with van der Waals surface area (Å²) in [5.41, 5.74) is 0.740. The number of amides is 1. The summed E-state index contributed by atoms with van der Waals surface area (Å²) >= 11 is 4.65. The van der Waals surface area contributed by atoms with E-state index in [0.717, 1.165) is 15.9 Å². The predicted molar refractivity (Wildman–Crippen MR) is 110 cm³/mol. The van der Waals surface area contributed by atoms with Crippen molar-refractivity contribution in [2.45, 2.75) is 0 Å². The minimum absolute atomic E-state index is 0.121. The lowest BCUT2D eigenvalue weighted by Gasteiger charge is -2.20. The Morgan fingerprint density at radius 1 is 1.27 bits per heavy atom. The number of ether oxygens (including phenoxy) is 1. The molecule has 134 valence electrons. The van der Waals surface area contributed by atoms with Crippen LogP contribution in [0.1, 0.15) is 0 Å². The summed E-state index contributed by atoms with van der Waals surface area (Å²) in [5, 5.41) is 9.40. The van der Waals surface area contributed by atoms with Crippen molar-refractivity contribution >= 4 is 50.4 Å². The maximum atomic E-state index is 12.1. The Hall–Kier alpha value is -2.32. The summed E-state index contributed by atoms with van der Waals surface area (Å²) in [4.78, 5) is 16.5. The van der Waals surface area contributed by atoms with Crippen LogP contribution < -0.4 is 10.1 Å². The minimum Gasteiger partial charge on any atom is -0.441 e. The monoisotopic (exact) mass is 432 g/mol. The molecule has 0 aromatic heterocycles. The summed E-state index contributed by atoms with van der Waals surface area (Å²) < 4.78 is 6.69. The molecule has 0 spiro atoms. The Labute approximate surface area is 164 Å². The van der Waals surface area contributed by atoms with E-state index in [-0.39, 0.29) is 11.7 Å². The van der Waals surface area contributed by atoms with Crippen LogP contribution >= 0.6 is 27.7 Å². The average molecular weight is 433 g/mol. The van der Waals surface area contributed by atoms with E-state index in [1.807, 2.05) is 61.6 Å². The fourth-order valence-corrected chi connectivity index (χ4v) is 3.27. The topological polar surface area (TPSA) is 66.3 Å². The van der Waals surface area contributed by atoms with Crippen molar-refractivity contribution in [2.75, 3.05) is 24.7 Å². The van der Waals surface area contributed by atoms with Gasteiger partial charge in [-0.05, 0) is 30.3 Å². The van der Waals surface area contributed by atoms with Crippen molar-refractivity contribution in [1.82, 2.24) is 5.01 Å². The second-order valence-corrected chi connectivity index (χ2v) is 7.32. The van der Waals surface area contributed by atoms with Gasteiger partial charge in [-0.25, -0.2) is 0 Å². The number of hydrazone groups is 1. The van der Waals surface area contributed by atoms with Gasteiger partial charge in [-0.3, -0.25) is 9.80 Å². The number of likely N-dealkylation sites (N-methyl/N-ethyl adjacent to an activating group) is 1. The smallest absolute Gasteiger partial charge is 0.234 e. The van der Waals surface area contributed by atoms with E-state index in [1.54, 1.807) is 5.01 Å². The van der Waals surface area contributed by atoms with Crippen LogP contribution in [-0.2, 0) is 4.79 Å². The van der Waals surface area contributed by atoms with Crippen molar-refractivity contribution in [1.29, 1.82) is 0 Å². The molecule has 26 heavy (non-hydrogen) atoms. The Kier molecular flexibility index (Phi) is 6.30. The molecule has 0 bridgehead atoms. The highest BCUT2D eigenvalue weighted by Crippen LogP contribution is 2.17. The van der Waals surface area contributed by atoms with Gasteiger partial charge in [-0.2, -0.15) is 4.99 Å². The first-order valence-electron chi connectivity index (χ1n) is 7.87. The van der Waals surface area contributed by atoms with E-state index in [9.17, 15) is 4.79 Å². The summed E-state index contributed by atoms with van der Waals surface area (Å²) in [7, 11) is 1.84. The number of halogens is 1. The Balaban J connectivity index is 1.57. The molecule has 6 nitrogen and oxygen atoms in total. The summed E-state index contributed by atoms with van der Waals surface area (Å²) in [6.07, 6.45) is 0. The number of carbonyl (C=O) groups is 1. The van der Waals surface area contributed by atoms with Crippen LogP contribution in [0.4, 0.5) is 5.69 Å². The Morgan fingerprint density at radius 3 is 2.85 bits per heavy atom. The summed E-state index contributed by atoms with van der Waals surface area (Å²) in [6.45, 7) is 0.475. The van der Waals surface area contributed by atoms with Gasteiger partial charge < -0.3 is 10.1 Å². The van der Waals surface area contributed by atoms with Crippen molar-refractivity contribution in [2.24, 2.45) is 10.1 Å².